The molecule has 0 atom stereocenters. The Balaban J connectivity index is 2.09. The van der Waals surface area contributed by atoms with Gasteiger partial charge in [-0.15, -0.1) is 0 Å². The lowest BCUT2D eigenvalue weighted by molar-refractivity contribution is 1.03. The van der Waals surface area contributed by atoms with Crippen molar-refractivity contribution in [2.45, 2.75) is 6.54 Å². The van der Waals surface area contributed by atoms with Gasteiger partial charge in [-0.1, -0.05) is 22.0 Å². The van der Waals surface area contributed by atoms with Gasteiger partial charge in [0.15, 0.2) is 0 Å². The molecule has 17 heavy (non-hydrogen) atoms. The monoisotopic (exact) mass is 418 g/mol. The van der Waals surface area contributed by atoms with Crippen LogP contribution in [0.3, 0.4) is 0 Å². The average Bonchev–Trinajstić information content (AvgIpc) is 2.30. The van der Waals surface area contributed by atoms with E-state index in [-0.39, 0.29) is 0 Å². The molecule has 0 radical (unpaired) electrons. The molecule has 1 heterocycles. The summed E-state index contributed by atoms with van der Waals surface area (Å²) in [5, 5.41) is 3.34. The Morgan fingerprint density at radius 1 is 1.06 bits per heavy atom. The van der Waals surface area contributed by atoms with E-state index < -0.39 is 0 Å². The molecule has 0 aliphatic rings. The third kappa shape index (κ3) is 3.79. The van der Waals surface area contributed by atoms with E-state index in [1.807, 2.05) is 36.4 Å². The highest BCUT2D eigenvalue weighted by molar-refractivity contribution is 9.11. The fourth-order valence-electron chi connectivity index (χ4n) is 1.37. The summed E-state index contributed by atoms with van der Waals surface area (Å²) in [5.74, 6) is 0. The van der Waals surface area contributed by atoms with Gasteiger partial charge in [0.1, 0.15) is 4.60 Å². The van der Waals surface area contributed by atoms with E-state index >= 15 is 0 Å². The molecule has 2 rings (SSSR count). The van der Waals surface area contributed by atoms with Crippen molar-refractivity contribution < 1.29 is 0 Å². The van der Waals surface area contributed by atoms with Gasteiger partial charge in [0.05, 0.1) is 12.2 Å². The van der Waals surface area contributed by atoms with Crippen LogP contribution in [0.15, 0.2) is 49.9 Å². The number of nitrogens with zero attached hydrogens (tertiary/aromatic N) is 1. The van der Waals surface area contributed by atoms with Crippen LogP contribution in [0.25, 0.3) is 0 Å². The molecule has 1 aromatic carbocycles. The summed E-state index contributed by atoms with van der Waals surface area (Å²) in [5.41, 5.74) is 2.03. The summed E-state index contributed by atoms with van der Waals surface area (Å²) in [6.45, 7) is 0.689. The Morgan fingerprint density at radius 3 is 2.65 bits per heavy atom. The standard InChI is InChI=1S/C12H9Br3N2/c13-8-4-5-10(14)11(6-8)16-7-9-2-1-3-12(15)17-9/h1-6,16H,7H2. The van der Waals surface area contributed by atoms with Gasteiger partial charge in [-0.25, -0.2) is 4.98 Å². The molecule has 1 aromatic heterocycles. The van der Waals surface area contributed by atoms with E-state index in [0.29, 0.717) is 6.54 Å². The minimum absolute atomic E-state index is 0.689. The van der Waals surface area contributed by atoms with Crippen molar-refractivity contribution in [1.29, 1.82) is 0 Å². The van der Waals surface area contributed by atoms with Crippen LogP contribution in [-0.2, 0) is 6.54 Å². The first-order valence-corrected chi connectivity index (χ1v) is 7.33. The number of aromatic nitrogens is 1. The van der Waals surface area contributed by atoms with Crippen molar-refractivity contribution in [2.75, 3.05) is 5.32 Å². The molecule has 0 amide bonds. The van der Waals surface area contributed by atoms with E-state index in [1.165, 1.54) is 0 Å². The highest BCUT2D eigenvalue weighted by Gasteiger charge is 2.01. The predicted molar refractivity (Wildman–Crippen MR) is 81.1 cm³/mol. The van der Waals surface area contributed by atoms with E-state index in [9.17, 15) is 0 Å². The second kappa shape index (κ2) is 5.98. The molecule has 0 bridgehead atoms. The van der Waals surface area contributed by atoms with Crippen LogP contribution in [0.1, 0.15) is 5.69 Å². The molecule has 0 fully saturated rings. The van der Waals surface area contributed by atoms with Crippen molar-refractivity contribution in [3.63, 3.8) is 0 Å². The molecule has 5 heteroatoms. The third-order valence-corrected chi connectivity index (χ3v) is 3.79. The maximum atomic E-state index is 4.37. The SMILES string of the molecule is Brc1ccc(Br)c(NCc2cccc(Br)n2)c1. The van der Waals surface area contributed by atoms with Gasteiger partial charge in [0.2, 0.25) is 0 Å². The molecule has 2 nitrogen and oxygen atoms in total. The molecule has 0 aliphatic carbocycles. The Hall–Kier alpha value is -0.390. The minimum Gasteiger partial charge on any atom is -0.378 e. The smallest absolute Gasteiger partial charge is 0.106 e. The number of benzene rings is 1. The van der Waals surface area contributed by atoms with Crippen LogP contribution in [0.5, 0.6) is 0 Å². The Labute approximate surface area is 125 Å². The summed E-state index contributed by atoms with van der Waals surface area (Å²) in [4.78, 5) is 4.37. The fourth-order valence-corrected chi connectivity index (χ4v) is 2.50. The Bertz CT molecular complexity index is 529. The first kappa shape index (κ1) is 13.1. The minimum atomic E-state index is 0.689. The van der Waals surface area contributed by atoms with Crippen LogP contribution in [0, 0.1) is 0 Å². The average molecular weight is 421 g/mol. The summed E-state index contributed by atoms with van der Waals surface area (Å²) in [6.07, 6.45) is 0. The normalized spacial score (nSPS) is 10.3. The summed E-state index contributed by atoms with van der Waals surface area (Å²) >= 11 is 10.3. The van der Waals surface area contributed by atoms with Crippen LogP contribution in [0.4, 0.5) is 5.69 Å². The molecule has 0 aliphatic heterocycles. The molecule has 0 unspecified atom stereocenters. The van der Waals surface area contributed by atoms with Gasteiger partial charge in [-0.05, 0) is 62.2 Å². The van der Waals surface area contributed by atoms with Gasteiger partial charge in [-0.2, -0.15) is 0 Å². The van der Waals surface area contributed by atoms with E-state index in [2.05, 4.69) is 58.1 Å². The zero-order valence-electron chi connectivity index (χ0n) is 8.75. The highest BCUT2D eigenvalue weighted by Crippen LogP contribution is 2.26. The van der Waals surface area contributed by atoms with Crippen molar-refractivity contribution in [2.24, 2.45) is 0 Å². The van der Waals surface area contributed by atoms with Crippen LogP contribution in [-0.4, -0.2) is 4.98 Å². The fraction of sp³-hybridized carbons (Fsp3) is 0.0833. The van der Waals surface area contributed by atoms with Gasteiger partial charge < -0.3 is 5.32 Å². The van der Waals surface area contributed by atoms with Crippen molar-refractivity contribution in [1.82, 2.24) is 4.98 Å². The molecule has 88 valence electrons. The third-order valence-electron chi connectivity index (χ3n) is 2.16. The number of nitrogens with one attached hydrogen (secondary N) is 1. The molecular formula is C12H9Br3N2. The maximum absolute atomic E-state index is 4.37. The van der Waals surface area contributed by atoms with Crippen LogP contribution in [0.2, 0.25) is 0 Å². The highest BCUT2D eigenvalue weighted by atomic mass is 79.9. The Kier molecular flexibility index (Phi) is 4.59. The van der Waals surface area contributed by atoms with Crippen molar-refractivity contribution >= 4 is 53.5 Å². The molecular weight excluding hydrogens is 412 g/mol. The summed E-state index contributed by atoms with van der Waals surface area (Å²) in [7, 11) is 0. The second-order valence-electron chi connectivity index (χ2n) is 3.43. The number of pyridine rings is 1. The summed E-state index contributed by atoms with van der Waals surface area (Å²) < 4.78 is 2.94. The lowest BCUT2D eigenvalue weighted by atomic mass is 10.3. The molecule has 2 aromatic rings. The van der Waals surface area contributed by atoms with E-state index in [0.717, 1.165) is 24.9 Å². The topological polar surface area (TPSA) is 24.9 Å². The molecule has 0 saturated carbocycles. The number of hydrogen-bond donors (Lipinski definition) is 1. The largest absolute Gasteiger partial charge is 0.378 e. The van der Waals surface area contributed by atoms with Gasteiger partial charge in [0, 0.05) is 14.6 Å². The zero-order chi connectivity index (χ0) is 12.3. The van der Waals surface area contributed by atoms with Crippen molar-refractivity contribution in [3.8, 4) is 0 Å². The molecule has 1 N–H and O–H groups in total. The summed E-state index contributed by atoms with van der Waals surface area (Å²) in [6, 6.07) is 11.9. The van der Waals surface area contributed by atoms with Crippen LogP contribution < -0.4 is 5.32 Å². The van der Waals surface area contributed by atoms with Gasteiger partial charge >= 0.3 is 0 Å². The van der Waals surface area contributed by atoms with Crippen LogP contribution >= 0.6 is 47.8 Å². The van der Waals surface area contributed by atoms with Crippen molar-refractivity contribution in [3.05, 3.63) is 55.6 Å². The van der Waals surface area contributed by atoms with E-state index in [1.54, 1.807) is 0 Å². The van der Waals surface area contributed by atoms with Gasteiger partial charge in [0.25, 0.3) is 0 Å². The number of anilines is 1. The number of rotatable bonds is 3. The first-order valence-electron chi connectivity index (χ1n) is 4.95. The Morgan fingerprint density at radius 2 is 1.88 bits per heavy atom. The van der Waals surface area contributed by atoms with Gasteiger partial charge in [-0.3, -0.25) is 0 Å². The first-order chi connectivity index (χ1) is 8.15. The zero-order valence-corrected chi connectivity index (χ0v) is 13.5. The molecule has 0 spiro atoms. The lowest BCUT2D eigenvalue weighted by Gasteiger charge is -2.08. The maximum Gasteiger partial charge on any atom is 0.106 e. The second-order valence-corrected chi connectivity index (χ2v) is 6.01. The quantitative estimate of drug-likeness (QED) is 0.708. The predicted octanol–water partition coefficient (Wildman–Crippen LogP) is 4.98. The molecule has 0 saturated heterocycles. The van der Waals surface area contributed by atoms with E-state index in [4.69, 9.17) is 0 Å². The number of halogens is 3. The lowest BCUT2D eigenvalue weighted by Crippen LogP contribution is -2.02. The number of hydrogen-bond acceptors (Lipinski definition) is 2.